The molecule has 0 unspecified atom stereocenters. The van der Waals surface area contributed by atoms with E-state index in [1.807, 2.05) is 24.3 Å². The predicted octanol–water partition coefficient (Wildman–Crippen LogP) is 2.67. The molecule has 0 spiro atoms. The zero-order chi connectivity index (χ0) is 20.8. The Morgan fingerprint density at radius 2 is 0.933 bits per heavy atom. The van der Waals surface area contributed by atoms with Crippen molar-refractivity contribution in [2.24, 2.45) is 0 Å². The maximum Gasteiger partial charge on any atom is 0.249 e. The van der Waals surface area contributed by atoms with E-state index in [1.165, 1.54) is 0 Å². The van der Waals surface area contributed by atoms with Crippen LogP contribution in [0.25, 0.3) is 54.9 Å². The predicted molar refractivity (Wildman–Crippen MR) is 105 cm³/mol. The summed E-state index contributed by atoms with van der Waals surface area (Å²) in [6.07, 6.45) is 0. The van der Waals surface area contributed by atoms with Crippen molar-refractivity contribution in [1.82, 2.24) is 9.97 Å². The summed E-state index contributed by atoms with van der Waals surface area (Å²) < 4.78 is 11.1. The number of nitriles is 4. The molecule has 3 aromatic carbocycles. The van der Waals surface area contributed by atoms with E-state index >= 15 is 0 Å². The van der Waals surface area contributed by atoms with Crippen molar-refractivity contribution in [2.75, 3.05) is 0 Å². The molecule has 5 rings (SSSR count). The molecule has 0 atom stereocenters. The minimum atomic E-state index is -0.187. The van der Waals surface area contributed by atoms with Gasteiger partial charge in [0.15, 0.2) is 22.3 Å². The van der Waals surface area contributed by atoms with Crippen molar-refractivity contribution in [3.8, 4) is 24.3 Å². The van der Waals surface area contributed by atoms with Gasteiger partial charge in [0.05, 0.1) is 0 Å². The maximum absolute atomic E-state index is 9.02. The highest BCUT2D eigenvalue weighted by molar-refractivity contribution is 6.05. The Bertz CT molecular complexity index is 1580. The molecule has 0 aliphatic carbocycles. The van der Waals surface area contributed by atoms with Crippen molar-refractivity contribution in [2.45, 2.75) is 0 Å². The van der Waals surface area contributed by atoms with E-state index in [0.29, 0.717) is 22.2 Å². The van der Waals surface area contributed by atoms with Gasteiger partial charge in [-0.3, -0.25) is 0 Å². The Morgan fingerprint density at radius 3 is 1.30 bits per heavy atom. The highest BCUT2D eigenvalue weighted by Gasteiger charge is 2.10. The van der Waals surface area contributed by atoms with Gasteiger partial charge in [-0.2, -0.15) is 21.0 Å². The summed E-state index contributed by atoms with van der Waals surface area (Å²) in [5, 5.41) is 39.6. The van der Waals surface area contributed by atoms with E-state index in [0.717, 1.165) is 21.5 Å². The normalized spacial score (nSPS) is 10.5. The molecule has 0 fully saturated rings. The summed E-state index contributed by atoms with van der Waals surface area (Å²) in [7, 11) is 0. The zero-order valence-corrected chi connectivity index (χ0v) is 15.0. The van der Waals surface area contributed by atoms with Crippen LogP contribution in [0.5, 0.6) is 0 Å². The summed E-state index contributed by atoms with van der Waals surface area (Å²) in [4.78, 5) is 8.47. The molecule has 0 N–H and O–H groups in total. The first-order chi connectivity index (χ1) is 14.6. The van der Waals surface area contributed by atoms with E-state index < -0.39 is 0 Å². The molecule has 0 saturated carbocycles. The minimum Gasteiger partial charge on any atom is -0.435 e. The number of oxazole rings is 2. The first-order valence-corrected chi connectivity index (χ1v) is 8.57. The lowest BCUT2D eigenvalue weighted by molar-refractivity contribution is 0.559. The fraction of sp³-hybridized carbons (Fsp3) is 0. The molecule has 136 valence electrons. The molecule has 0 radical (unpaired) electrons. The summed E-state index contributed by atoms with van der Waals surface area (Å²) in [5.74, 6) is 0. The second-order valence-electron chi connectivity index (χ2n) is 6.42. The molecule has 0 bridgehead atoms. The van der Waals surface area contributed by atoms with Crippen molar-refractivity contribution >= 4 is 54.9 Å². The third kappa shape index (κ3) is 2.43. The Hall–Kier alpha value is -5.18. The van der Waals surface area contributed by atoms with Gasteiger partial charge in [-0.25, -0.2) is 9.97 Å². The van der Waals surface area contributed by atoms with Crippen LogP contribution in [0.3, 0.4) is 0 Å². The largest absolute Gasteiger partial charge is 0.435 e. The first-order valence-electron chi connectivity index (χ1n) is 8.57. The van der Waals surface area contributed by atoms with Gasteiger partial charge in [-0.1, -0.05) is 0 Å². The van der Waals surface area contributed by atoms with Crippen LogP contribution >= 0.6 is 0 Å². The van der Waals surface area contributed by atoms with Crippen LogP contribution in [0, 0.1) is 45.3 Å². The van der Waals surface area contributed by atoms with Crippen molar-refractivity contribution in [3.05, 3.63) is 47.5 Å². The van der Waals surface area contributed by atoms with Gasteiger partial charge in [-0.15, -0.1) is 0 Å². The zero-order valence-electron chi connectivity index (χ0n) is 15.0. The number of fused-ring (bicyclic) bond motifs is 4. The number of rotatable bonds is 0. The van der Waals surface area contributed by atoms with Gasteiger partial charge in [0, 0.05) is 0 Å². The van der Waals surface area contributed by atoms with Gasteiger partial charge in [0.1, 0.15) is 35.3 Å². The number of hydrogen-bond donors (Lipinski definition) is 0. The first kappa shape index (κ1) is 17.0. The van der Waals surface area contributed by atoms with E-state index in [2.05, 4.69) is 9.97 Å². The van der Waals surface area contributed by atoms with Gasteiger partial charge in [0.2, 0.25) is 11.1 Å². The Kier molecular flexibility index (Phi) is 3.49. The fourth-order valence-electron chi connectivity index (χ4n) is 3.30. The molecule has 8 heteroatoms. The molecule has 0 saturated heterocycles. The average Bonchev–Trinajstić information content (AvgIpc) is 3.33. The highest BCUT2D eigenvalue weighted by atomic mass is 16.3. The van der Waals surface area contributed by atoms with Gasteiger partial charge < -0.3 is 8.83 Å². The van der Waals surface area contributed by atoms with E-state index in [-0.39, 0.29) is 22.2 Å². The molecule has 2 heterocycles. The molecule has 8 nitrogen and oxygen atoms in total. The Balaban J connectivity index is 1.81. The van der Waals surface area contributed by atoms with E-state index in [9.17, 15) is 0 Å². The second-order valence-corrected chi connectivity index (χ2v) is 6.42. The topological polar surface area (TPSA) is 147 Å². The molecule has 2 aromatic heterocycles. The Morgan fingerprint density at radius 1 is 0.567 bits per heavy atom. The van der Waals surface area contributed by atoms with Crippen LogP contribution in [0.2, 0.25) is 0 Å². The number of benzene rings is 3. The quantitative estimate of drug-likeness (QED) is 0.369. The summed E-state index contributed by atoms with van der Waals surface area (Å²) in [5.41, 5.74) is 1.61. The minimum absolute atomic E-state index is 0.00820. The lowest BCUT2D eigenvalue weighted by Crippen LogP contribution is -2.03. The summed E-state index contributed by atoms with van der Waals surface area (Å²) in [6.45, 7) is 0. The SMILES string of the molecule is N#CC(C#N)=c1nc2cc3cc4cc5oc(=C(C#N)C#N)nc5cc4cc3cc2o1. The third-order valence-corrected chi connectivity index (χ3v) is 4.68. The molecular formula is C22H6N6O2. The van der Waals surface area contributed by atoms with Crippen molar-refractivity contribution in [1.29, 1.82) is 21.0 Å². The van der Waals surface area contributed by atoms with Crippen LogP contribution in [0.15, 0.2) is 45.2 Å². The number of aromatic nitrogens is 2. The molecule has 0 aliphatic rings. The summed E-state index contributed by atoms with van der Waals surface area (Å²) in [6, 6.07) is 18.2. The molecule has 0 amide bonds. The maximum atomic E-state index is 9.02. The van der Waals surface area contributed by atoms with Crippen LogP contribution in [0.4, 0.5) is 0 Å². The molecular weight excluding hydrogens is 380 g/mol. The average molecular weight is 386 g/mol. The highest BCUT2D eigenvalue weighted by Crippen LogP contribution is 2.28. The van der Waals surface area contributed by atoms with E-state index in [4.69, 9.17) is 29.9 Å². The van der Waals surface area contributed by atoms with Crippen molar-refractivity contribution < 1.29 is 8.83 Å². The third-order valence-electron chi connectivity index (χ3n) is 4.68. The van der Waals surface area contributed by atoms with Crippen LogP contribution in [-0.4, -0.2) is 9.97 Å². The number of hydrogen-bond acceptors (Lipinski definition) is 8. The fourth-order valence-corrected chi connectivity index (χ4v) is 3.30. The standard InChI is InChI=1S/C22H6N6O2/c23-7-15(8-24)21-27-17-3-11-1-13-5-19-18(28-22(29-19)16(9-25)10-26)4-12(13)2-14(11)6-20(17)30-21/h1-6H. The van der Waals surface area contributed by atoms with E-state index in [1.54, 1.807) is 36.4 Å². The molecule has 30 heavy (non-hydrogen) atoms. The van der Waals surface area contributed by atoms with Crippen LogP contribution in [-0.2, 0) is 0 Å². The smallest absolute Gasteiger partial charge is 0.249 e. The summed E-state index contributed by atoms with van der Waals surface area (Å²) >= 11 is 0. The second kappa shape index (κ2) is 6.17. The molecule has 0 aliphatic heterocycles. The van der Waals surface area contributed by atoms with Crippen LogP contribution < -0.4 is 11.1 Å². The van der Waals surface area contributed by atoms with Gasteiger partial charge >= 0.3 is 0 Å². The lowest BCUT2D eigenvalue weighted by atomic mass is 10.0. The molecule has 5 aromatic rings. The van der Waals surface area contributed by atoms with Gasteiger partial charge in [0.25, 0.3) is 0 Å². The van der Waals surface area contributed by atoms with Gasteiger partial charge in [-0.05, 0) is 57.9 Å². The van der Waals surface area contributed by atoms with Crippen LogP contribution in [0.1, 0.15) is 0 Å². The van der Waals surface area contributed by atoms with Crippen molar-refractivity contribution in [3.63, 3.8) is 0 Å². The Labute approximate surface area is 167 Å². The lowest BCUT2D eigenvalue weighted by Gasteiger charge is -2.02. The number of nitrogens with zero attached hydrogens (tertiary/aromatic N) is 6. The monoisotopic (exact) mass is 386 g/mol.